The normalized spacial score (nSPS) is 10.2. The molecule has 0 amide bonds. The Hall–Kier alpha value is -1.07. The fourth-order valence-electron chi connectivity index (χ4n) is 1.51. The van der Waals surface area contributed by atoms with Crippen molar-refractivity contribution < 1.29 is 0 Å². The van der Waals surface area contributed by atoms with Crippen LogP contribution in [0.15, 0.2) is 45.3 Å². The molecule has 3 nitrogen and oxygen atoms in total. The Morgan fingerprint density at radius 1 is 1.11 bits per heavy atom. The van der Waals surface area contributed by atoms with Crippen LogP contribution in [-0.4, -0.2) is 11.5 Å². The SMILES string of the molecule is CCNc1cccc(Nc2ccc(Br)cc2Br)n1. The van der Waals surface area contributed by atoms with Crippen molar-refractivity contribution in [3.63, 3.8) is 0 Å². The molecule has 0 radical (unpaired) electrons. The van der Waals surface area contributed by atoms with Gasteiger partial charge in [-0.05, 0) is 53.2 Å². The fourth-order valence-corrected chi connectivity index (χ4v) is 2.66. The van der Waals surface area contributed by atoms with E-state index in [0.29, 0.717) is 0 Å². The lowest BCUT2D eigenvalue weighted by molar-refractivity contribution is 1.16. The highest BCUT2D eigenvalue weighted by atomic mass is 79.9. The molecule has 0 aliphatic carbocycles. The molecule has 0 saturated heterocycles. The maximum atomic E-state index is 4.47. The second-order valence-electron chi connectivity index (χ2n) is 3.69. The Morgan fingerprint density at radius 3 is 2.61 bits per heavy atom. The summed E-state index contributed by atoms with van der Waals surface area (Å²) in [6.07, 6.45) is 0. The number of rotatable bonds is 4. The first-order valence-corrected chi connectivity index (χ1v) is 7.20. The topological polar surface area (TPSA) is 37.0 Å². The molecule has 1 aromatic carbocycles. The average Bonchev–Trinajstić information content (AvgIpc) is 2.34. The van der Waals surface area contributed by atoms with Crippen LogP contribution in [0.25, 0.3) is 0 Å². The smallest absolute Gasteiger partial charge is 0.132 e. The molecule has 0 saturated carbocycles. The van der Waals surface area contributed by atoms with Gasteiger partial charge in [-0.25, -0.2) is 4.98 Å². The molecular formula is C13H13Br2N3. The fraction of sp³-hybridized carbons (Fsp3) is 0.154. The third kappa shape index (κ3) is 3.46. The van der Waals surface area contributed by atoms with E-state index in [1.54, 1.807) is 0 Å². The van der Waals surface area contributed by atoms with Gasteiger partial charge in [-0.3, -0.25) is 0 Å². The highest BCUT2D eigenvalue weighted by Gasteiger charge is 2.02. The Kier molecular flexibility index (Phi) is 4.60. The van der Waals surface area contributed by atoms with Crippen molar-refractivity contribution in [3.8, 4) is 0 Å². The molecule has 18 heavy (non-hydrogen) atoms. The van der Waals surface area contributed by atoms with E-state index in [-0.39, 0.29) is 0 Å². The summed E-state index contributed by atoms with van der Waals surface area (Å²) >= 11 is 6.95. The Morgan fingerprint density at radius 2 is 1.89 bits per heavy atom. The standard InChI is InChI=1S/C13H13Br2N3/c1-2-16-12-4-3-5-13(18-12)17-11-7-6-9(14)8-10(11)15/h3-8H,2H2,1H3,(H2,16,17,18). The summed E-state index contributed by atoms with van der Waals surface area (Å²) in [6, 6.07) is 11.8. The summed E-state index contributed by atoms with van der Waals surface area (Å²) in [6.45, 7) is 2.91. The van der Waals surface area contributed by atoms with E-state index >= 15 is 0 Å². The average molecular weight is 371 g/mol. The number of hydrogen-bond acceptors (Lipinski definition) is 3. The third-order valence-electron chi connectivity index (χ3n) is 2.30. The van der Waals surface area contributed by atoms with Gasteiger partial charge in [-0.2, -0.15) is 0 Å². The summed E-state index contributed by atoms with van der Waals surface area (Å²) in [4.78, 5) is 4.47. The predicted molar refractivity (Wildman–Crippen MR) is 83.5 cm³/mol. The first-order valence-electron chi connectivity index (χ1n) is 5.62. The minimum absolute atomic E-state index is 0.816. The van der Waals surface area contributed by atoms with Gasteiger partial charge in [0.25, 0.3) is 0 Å². The molecule has 2 N–H and O–H groups in total. The zero-order chi connectivity index (χ0) is 13.0. The number of hydrogen-bond donors (Lipinski definition) is 2. The van der Waals surface area contributed by atoms with Crippen molar-refractivity contribution in [1.29, 1.82) is 0 Å². The zero-order valence-electron chi connectivity index (χ0n) is 9.87. The van der Waals surface area contributed by atoms with E-state index in [9.17, 15) is 0 Å². The third-order valence-corrected chi connectivity index (χ3v) is 3.45. The van der Waals surface area contributed by atoms with Crippen LogP contribution in [0.2, 0.25) is 0 Å². The lowest BCUT2D eigenvalue weighted by Gasteiger charge is -2.10. The van der Waals surface area contributed by atoms with Crippen LogP contribution in [0.1, 0.15) is 6.92 Å². The molecule has 5 heteroatoms. The van der Waals surface area contributed by atoms with Gasteiger partial charge in [0.15, 0.2) is 0 Å². The molecule has 2 aromatic rings. The number of nitrogens with one attached hydrogen (secondary N) is 2. The predicted octanol–water partition coefficient (Wildman–Crippen LogP) is 4.78. The quantitative estimate of drug-likeness (QED) is 0.812. The lowest BCUT2D eigenvalue weighted by atomic mass is 10.3. The molecule has 0 fully saturated rings. The van der Waals surface area contributed by atoms with Crippen LogP contribution in [0.3, 0.4) is 0 Å². The van der Waals surface area contributed by atoms with E-state index in [4.69, 9.17) is 0 Å². The molecule has 0 atom stereocenters. The van der Waals surface area contributed by atoms with Crippen LogP contribution < -0.4 is 10.6 Å². The Bertz CT molecular complexity index is 544. The van der Waals surface area contributed by atoms with E-state index in [1.807, 2.05) is 43.3 Å². The maximum absolute atomic E-state index is 4.47. The summed E-state index contributed by atoms with van der Waals surface area (Å²) in [5.41, 5.74) is 0.986. The summed E-state index contributed by atoms with van der Waals surface area (Å²) in [7, 11) is 0. The number of benzene rings is 1. The summed E-state index contributed by atoms with van der Waals surface area (Å²) < 4.78 is 2.03. The van der Waals surface area contributed by atoms with Crippen molar-refractivity contribution >= 4 is 49.2 Å². The molecule has 0 aliphatic heterocycles. The van der Waals surface area contributed by atoms with Gasteiger partial charge >= 0.3 is 0 Å². The van der Waals surface area contributed by atoms with E-state index in [1.165, 1.54) is 0 Å². The van der Waals surface area contributed by atoms with Gasteiger partial charge in [0.2, 0.25) is 0 Å². The van der Waals surface area contributed by atoms with Gasteiger partial charge in [0.1, 0.15) is 11.6 Å². The highest BCUT2D eigenvalue weighted by Crippen LogP contribution is 2.28. The minimum atomic E-state index is 0.816. The molecule has 0 aliphatic rings. The first-order chi connectivity index (χ1) is 8.69. The van der Waals surface area contributed by atoms with Crippen molar-refractivity contribution in [1.82, 2.24) is 4.98 Å². The monoisotopic (exact) mass is 369 g/mol. The second-order valence-corrected chi connectivity index (χ2v) is 5.46. The molecule has 0 unspecified atom stereocenters. The number of nitrogens with zero attached hydrogens (tertiary/aromatic N) is 1. The van der Waals surface area contributed by atoms with Crippen LogP contribution >= 0.6 is 31.9 Å². The highest BCUT2D eigenvalue weighted by molar-refractivity contribution is 9.11. The van der Waals surface area contributed by atoms with Crippen LogP contribution in [0, 0.1) is 0 Å². The summed E-state index contributed by atoms with van der Waals surface area (Å²) in [5.74, 6) is 1.69. The van der Waals surface area contributed by atoms with Crippen molar-refractivity contribution in [2.45, 2.75) is 6.92 Å². The van der Waals surface area contributed by atoms with Crippen LogP contribution in [-0.2, 0) is 0 Å². The maximum Gasteiger partial charge on any atom is 0.132 e. The number of halogens is 2. The second kappa shape index (κ2) is 6.20. The van der Waals surface area contributed by atoms with Crippen LogP contribution in [0.4, 0.5) is 17.3 Å². The number of pyridine rings is 1. The Labute approximate surface area is 123 Å². The zero-order valence-corrected chi connectivity index (χ0v) is 13.0. The molecular weight excluding hydrogens is 358 g/mol. The van der Waals surface area contributed by atoms with Gasteiger partial charge < -0.3 is 10.6 Å². The van der Waals surface area contributed by atoms with Crippen molar-refractivity contribution in [3.05, 3.63) is 45.3 Å². The van der Waals surface area contributed by atoms with Crippen molar-refractivity contribution in [2.24, 2.45) is 0 Å². The Balaban J connectivity index is 2.20. The molecule has 1 heterocycles. The molecule has 0 bridgehead atoms. The van der Waals surface area contributed by atoms with Gasteiger partial charge in [-0.15, -0.1) is 0 Å². The molecule has 2 rings (SSSR count). The van der Waals surface area contributed by atoms with E-state index in [2.05, 4.69) is 47.5 Å². The first kappa shape index (κ1) is 13.4. The largest absolute Gasteiger partial charge is 0.370 e. The molecule has 94 valence electrons. The summed E-state index contributed by atoms with van der Waals surface area (Å²) in [5, 5.41) is 6.47. The molecule has 0 spiro atoms. The van der Waals surface area contributed by atoms with Gasteiger partial charge in [-0.1, -0.05) is 22.0 Å². The van der Waals surface area contributed by atoms with Crippen LogP contribution in [0.5, 0.6) is 0 Å². The number of anilines is 3. The van der Waals surface area contributed by atoms with E-state index in [0.717, 1.165) is 32.8 Å². The minimum Gasteiger partial charge on any atom is -0.370 e. The van der Waals surface area contributed by atoms with Gasteiger partial charge in [0, 0.05) is 15.5 Å². The van der Waals surface area contributed by atoms with Gasteiger partial charge in [0.05, 0.1) is 5.69 Å². The number of aromatic nitrogens is 1. The van der Waals surface area contributed by atoms with Crippen molar-refractivity contribution in [2.75, 3.05) is 17.2 Å². The lowest BCUT2D eigenvalue weighted by Crippen LogP contribution is -2.01. The molecule has 1 aromatic heterocycles. The van der Waals surface area contributed by atoms with E-state index < -0.39 is 0 Å².